The summed E-state index contributed by atoms with van der Waals surface area (Å²) in [6.07, 6.45) is 0. The van der Waals surface area contributed by atoms with Crippen LogP contribution in [-0.2, 0) is 4.74 Å². The molecule has 8 heteroatoms. The second kappa shape index (κ2) is 9.50. The standard InChI is InChI=1S/C20H24N2O6/c1-12(13-6-9-17(26-3)18(11-13)27-4)21-20(24)22-15-10-14(19(23)28-5)7-8-16(15)25-2/h6-12H,1-5H3,(H2,21,22,24)/t12-/m0/s1. The number of rotatable bonds is 7. The van der Waals surface area contributed by atoms with Crippen LogP contribution in [0, 0.1) is 0 Å². The van der Waals surface area contributed by atoms with Gasteiger partial charge in [0.2, 0.25) is 0 Å². The fraction of sp³-hybridized carbons (Fsp3) is 0.300. The lowest BCUT2D eigenvalue weighted by atomic mass is 10.1. The van der Waals surface area contributed by atoms with Crippen molar-refractivity contribution in [3.05, 3.63) is 47.5 Å². The molecule has 28 heavy (non-hydrogen) atoms. The Morgan fingerprint density at radius 2 is 1.50 bits per heavy atom. The van der Waals surface area contributed by atoms with Gasteiger partial charge in [0.25, 0.3) is 0 Å². The number of anilines is 1. The molecule has 2 amide bonds. The van der Waals surface area contributed by atoms with E-state index in [1.165, 1.54) is 20.3 Å². The zero-order valence-corrected chi connectivity index (χ0v) is 16.5. The lowest BCUT2D eigenvalue weighted by Crippen LogP contribution is -2.31. The number of amides is 2. The van der Waals surface area contributed by atoms with Crippen molar-refractivity contribution >= 4 is 17.7 Å². The van der Waals surface area contributed by atoms with Crippen LogP contribution in [-0.4, -0.2) is 40.4 Å². The highest BCUT2D eigenvalue weighted by atomic mass is 16.5. The summed E-state index contributed by atoms with van der Waals surface area (Å²) in [5.41, 5.74) is 1.48. The van der Waals surface area contributed by atoms with E-state index >= 15 is 0 Å². The van der Waals surface area contributed by atoms with Crippen LogP contribution in [0.15, 0.2) is 36.4 Å². The topological polar surface area (TPSA) is 95.1 Å². The molecular weight excluding hydrogens is 364 g/mol. The fourth-order valence-corrected chi connectivity index (χ4v) is 2.61. The molecule has 0 spiro atoms. The lowest BCUT2D eigenvalue weighted by molar-refractivity contribution is 0.0600. The van der Waals surface area contributed by atoms with Crippen LogP contribution in [0.2, 0.25) is 0 Å². The molecule has 0 aliphatic carbocycles. The molecule has 0 radical (unpaired) electrons. The van der Waals surface area contributed by atoms with E-state index in [0.29, 0.717) is 28.5 Å². The molecule has 0 saturated carbocycles. The van der Waals surface area contributed by atoms with Gasteiger partial charge in [-0.1, -0.05) is 6.07 Å². The SMILES string of the molecule is COC(=O)c1ccc(OC)c(NC(=O)N[C@@H](C)c2ccc(OC)c(OC)c2)c1. The number of benzene rings is 2. The molecule has 150 valence electrons. The Morgan fingerprint density at radius 1 is 0.857 bits per heavy atom. The molecule has 2 aromatic rings. The van der Waals surface area contributed by atoms with Gasteiger partial charge in [0, 0.05) is 0 Å². The largest absolute Gasteiger partial charge is 0.495 e. The molecule has 0 aliphatic rings. The molecule has 1 atom stereocenters. The van der Waals surface area contributed by atoms with Crippen molar-refractivity contribution in [2.24, 2.45) is 0 Å². The summed E-state index contributed by atoms with van der Waals surface area (Å²) < 4.78 is 20.4. The van der Waals surface area contributed by atoms with Gasteiger partial charge in [-0.3, -0.25) is 0 Å². The van der Waals surface area contributed by atoms with Crippen LogP contribution < -0.4 is 24.8 Å². The van der Waals surface area contributed by atoms with E-state index in [1.54, 1.807) is 38.5 Å². The van der Waals surface area contributed by atoms with Gasteiger partial charge in [0.1, 0.15) is 5.75 Å². The number of hydrogen-bond donors (Lipinski definition) is 2. The maximum atomic E-state index is 12.4. The van der Waals surface area contributed by atoms with E-state index < -0.39 is 12.0 Å². The average Bonchev–Trinajstić information content (AvgIpc) is 2.72. The predicted octanol–water partition coefficient (Wildman–Crippen LogP) is 3.38. The fourth-order valence-electron chi connectivity index (χ4n) is 2.61. The molecular formula is C20H24N2O6. The van der Waals surface area contributed by atoms with Gasteiger partial charge < -0.3 is 29.6 Å². The molecule has 8 nitrogen and oxygen atoms in total. The summed E-state index contributed by atoms with van der Waals surface area (Å²) in [4.78, 5) is 24.2. The normalized spacial score (nSPS) is 11.2. The summed E-state index contributed by atoms with van der Waals surface area (Å²) >= 11 is 0. The van der Waals surface area contributed by atoms with Gasteiger partial charge in [-0.25, -0.2) is 9.59 Å². The van der Waals surface area contributed by atoms with Gasteiger partial charge in [-0.15, -0.1) is 0 Å². The highest BCUT2D eigenvalue weighted by Crippen LogP contribution is 2.30. The number of carbonyl (C=O) groups is 2. The Bertz CT molecular complexity index is 853. The monoisotopic (exact) mass is 388 g/mol. The zero-order valence-electron chi connectivity index (χ0n) is 16.5. The minimum atomic E-state index is -0.509. The quantitative estimate of drug-likeness (QED) is 0.706. The van der Waals surface area contributed by atoms with Gasteiger partial charge in [0.05, 0.1) is 45.7 Å². The molecule has 2 rings (SSSR count). The van der Waals surface area contributed by atoms with Crippen LogP contribution in [0.25, 0.3) is 0 Å². The van der Waals surface area contributed by atoms with E-state index in [-0.39, 0.29) is 6.04 Å². The van der Waals surface area contributed by atoms with E-state index in [4.69, 9.17) is 18.9 Å². The Kier molecular flexibility index (Phi) is 7.08. The van der Waals surface area contributed by atoms with E-state index in [1.807, 2.05) is 13.0 Å². The van der Waals surface area contributed by atoms with E-state index in [9.17, 15) is 9.59 Å². The van der Waals surface area contributed by atoms with Crippen molar-refractivity contribution in [1.82, 2.24) is 5.32 Å². The first kappa shape index (κ1) is 20.9. The van der Waals surface area contributed by atoms with Gasteiger partial charge in [0.15, 0.2) is 11.5 Å². The third kappa shape index (κ3) is 4.85. The van der Waals surface area contributed by atoms with Crippen LogP contribution in [0.5, 0.6) is 17.2 Å². The zero-order chi connectivity index (χ0) is 20.7. The Hall–Kier alpha value is -3.42. The summed E-state index contributed by atoms with van der Waals surface area (Å²) in [5, 5.41) is 5.52. The molecule has 0 unspecified atom stereocenters. The van der Waals surface area contributed by atoms with Gasteiger partial charge in [-0.05, 0) is 42.8 Å². The molecule has 0 aliphatic heterocycles. The van der Waals surface area contributed by atoms with Gasteiger partial charge >= 0.3 is 12.0 Å². The van der Waals surface area contributed by atoms with Crippen molar-refractivity contribution in [3.63, 3.8) is 0 Å². The molecule has 2 aromatic carbocycles. The summed E-state index contributed by atoms with van der Waals surface area (Å²) in [6, 6.07) is 9.27. The van der Waals surface area contributed by atoms with Crippen molar-refractivity contribution in [1.29, 1.82) is 0 Å². The lowest BCUT2D eigenvalue weighted by Gasteiger charge is -2.18. The predicted molar refractivity (Wildman–Crippen MR) is 104 cm³/mol. The number of hydrogen-bond acceptors (Lipinski definition) is 6. The minimum absolute atomic E-state index is 0.298. The number of nitrogens with one attached hydrogen (secondary N) is 2. The number of ether oxygens (including phenoxy) is 4. The summed E-state index contributed by atoms with van der Waals surface area (Å²) in [5.74, 6) is 1.08. The molecule has 0 aromatic heterocycles. The van der Waals surface area contributed by atoms with Crippen LogP contribution >= 0.6 is 0 Å². The maximum Gasteiger partial charge on any atom is 0.337 e. The number of carbonyl (C=O) groups excluding carboxylic acids is 2. The second-order valence-corrected chi connectivity index (χ2v) is 5.84. The Balaban J connectivity index is 2.14. The first-order chi connectivity index (χ1) is 13.4. The maximum absolute atomic E-state index is 12.4. The highest BCUT2D eigenvalue weighted by Gasteiger charge is 2.16. The van der Waals surface area contributed by atoms with E-state index in [0.717, 1.165) is 5.56 Å². The Morgan fingerprint density at radius 3 is 2.11 bits per heavy atom. The minimum Gasteiger partial charge on any atom is -0.495 e. The number of methoxy groups -OCH3 is 4. The van der Waals surface area contributed by atoms with Crippen molar-refractivity contribution in [3.8, 4) is 17.2 Å². The number of esters is 1. The van der Waals surface area contributed by atoms with Crippen LogP contribution in [0.3, 0.4) is 0 Å². The molecule has 0 saturated heterocycles. The Labute approximate surface area is 163 Å². The van der Waals surface area contributed by atoms with E-state index in [2.05, 4.69) is 10.6 Å². The first-order valence-electron chi connectivity index (χ1n) is 8.49. The molecule has 0 bridgehead atoms. The second-order valence-electron chi connectivity index (χ2n) is 5.84. The third-order valence-electron chi connectivity index (χ3n) is 4.12. The molecule has 2 N–H and O–H groups in total. The highest BCUT2D eigenvalue weighted by molar-refractivity contribution is 5.95. The summed E-state index contributed by atoms with van der Waals surface area (Å²) in [7, 11) is 5.87. The average molecular weight is 388 g/mol. The van der Waals surface area contributed by atoms with Crippen molar-refractivity contribution < 1.29 is 28.5 Å². The van der Waals surface area contributed by atoms with Crippen LogP contribution in [0.1, 0.15) is 28.9 Å². The third-order valence-corrected chi connectivity index (χ3v) is 4.12. The first-order valence-corrected chi connectivity index (χ1v) is 8.49. The summed E-state index contributed by atoms with van der Waals surface area (Å²) in [6.45, 7) is 1.84. The smallest absolute Gasteiger partial charge is 0.337 e. The van der Waals surface area contributed by atoms with Crippen LogP contribution in [0.4, 0.5) is 10.5 Å². The van der Waals surface area contributed by atoms with Crippen molar-refractivity contribution in [2.45, 2.75) is 13.0 Å². The molecule has 0 fully saturated rings. The molecule has 0 heterocycles. The van der Waals surface area contributed by atoms with Crippen molar-refractivity contribution in [2.75, 3.05) is 33.8 Å². The van der Waals surface area contributed by atoms with Gasteiger partial charge in [-0.2, -0.15) is 0 Å². The number of urea groups is 1.